The largest absolute Gasteiger partial charge is 0.316 e. The lowest BCUT2D eigenvalue weighted by Crippen LogP contribution is -2.29. The fourth-order valence-corrected chi connectivity index (χ4v) is 2.99. The van der Waals surface area contributed by atoms with Crippen LogP contribution in [0.4, 0.5) is 0 Å². The summed E-state index contributed by atoms with van der Waals surface area (Å²) in [5.41, 5.74) is 0. The van der Waals surface area contributed by atoms with Crippen LogP contribution in [0.15, 0.2) is 17.5 Å². The third-order valence-electron chi connectivity index (χ3n) is 3.20. The summed E-state index contributed by atoms with van der Waals surface area (Å²) in [6.45, 7) is 2.16. The molecule has 3 rings (SSSR count). The Morgan fingerprint density at radius 1 is 1.53 bits per heavy atom. The van der Waals surface area contributed by atoms with Crippen molar-refractivity contribution in [3.8, 4) is 10.7 Å². The Morgan fingerprint density at radius 2 is 2.47 bits per heavy atom. The second-order valence-electron chi connectivity index (χ2n) is 4.44. The Bertz CT molecular complexity index is 483. The van der Waals surface area contributed by atoms with Gasteiger partial charge in [-0.1, -0.05) is 6.07 Å². The minimum atomic E-state index is 0.509. The van der Waals surface area contributed by atoms with Crippen molar-refractivity contribution in [3.05, 3.63) is 23.3 Å². The smallest absolute Gasteiger partial charge is 0.191 e. The van der Waals surface area contributed by atoms with E-state index in [0.717, 1.165) is 29.6 Å². The van der Waals surface area contributed by atoms with Gasteiger partial charge in [-0.25, -0.2) is 4.98 Å². The Hall–Kier alpha value is -1.20. The van der Waals surface area contributed by atoms with E-state index >= 15 is 0 Å². The molecule has 0 bridgehead atoms. The normalized spacial score (nSPS) is 20.6. The summed E-state index contributed by atoms with van der Waals surface area (Å²) in [5, 5.41) is 10.0. The van der Waals surface area contributed by atoms with E-state index in [1.807, 2.05) is 17.8 Å². The Kier molecular flexibility index (Phi) is 2.94. The summed E-state index contributed by atoms with van der Waals surface area (Å²) in [6.07, 6.45) is 2.44. The van der Waals surface area contributed by atoms with Crippen LogP contribution in [0, 0.1) is 0 Å². The third-order valence-corrected chi connectivity index (χ3v) is 4.07. The van der Waals surface area contributed by atoms with Gasteiger partial charge in [-0.3, -0.25) is 4.68 Å². The minimum absolute atomic E-state index is 0.509. The SMILES string of the molecule is Cn1nc(-c2cccs2)nc1C1CCCNC1. The highest BCUT2D eigenvalue weighted by Gasteiger charge is 2.21. The average Bonchev–Trinajstić information content (AvgIpc) is 2.99. The highest BCUT2D eigenvalue weighted by Crippen LogP contribution is 2.26. The average molecular weight is 248 g/mol. The highest BCUT2D eigenvalue weighted by atomic mass is 32.1. The standard InChI is InChI=1S/C12H16N4S/c1-16-12(9-4-2-6-13-8-9)14-11(15-16)10-5-3-7-17-10/h3,5,7,9,13H,2,4,6,8H2,1H3. The van der Waals surface area contributed by atoms with E-state index < -0.39 is 0 Å². The van der Waals surface area contributed by atoms with Gasteiger partial charge < -0.3 is 5.32 Å². The molecule has 1 N–H and O–H groups in total. The molecule has 1 atom stereocenters. The van der Waals surface area contributed by atoms with E-state index in [0.29, 0.717) is 5.92 Å². The maximum absolute atomic E-state index is 4.70. The number of piperidine rings is 1. The first kappa shape index (κ1) is 10.9. The van der Waals surface area contributed by atoms with Crippen molar-refractivity contribution in [2.45, 2.75) is 18.8 Å². The molecule has 0 aromatic carbocycles. The molecule has 0 spiro atoms. The van der Waals surface area contributed by atoms with Crippen molar-refractivity contribution in [1.29, 1.82) is 0 Å². The molecule has 1 fully saturated rings. The molecule has 3 heterocycles. The van der Waals surface area contributed by atoms with Gasteiger partial charge in [0.2, 0.25) is 0 Å². The van der Waals surface area contributed by atoms with E-state index in [1.165, 1.54) is 12.8 Å². The molecule has 17 heavy (non-hydrogen) atoms. The van der Waals surface area contributed by atoms with Crippen molar-refractivity contribution < 1.29 is 0 Å². The minimum Gasteiger partial charge on any atom is -0.316 e. The topological polar surface area (TPSA) is 42.7 Å². The van der Waals surface area contributed by atoms with Crippen LogP contribution in [0.3, 0.4) is 0 Å². The lowest BCUT2D eigenvalue weighted by Gasteiger charge is -2.21. The molecule has 2 aromatic heterocycles. The molecule has 1 unspecified atom stereocenters. The van der Waals surface area contributed by atoms with Crippen LogP contribution in [0.1, 0.15) is 24.6 Å². The third kappa shape index (κ3) is 2.12. The molecule has 5 heteroatoms. The van der Waals surface area contributed by atoms with Gasteiger partial charge in [-0.2, -0.15) is 5.10 Å². The van der Waals surface area contributed by atoms with Crippen molar-refractivity contribution in [3.63, 3.8) is 0 Å². The summed E-state index contributed by atoms with van der Waals surface area (Å²) in [5.74, 6) is 2.48. The maximum atomic E-state index is 4.70. The fraction of sp³-hybridized carbons (Fsp3) is 0.500. The number of hydrogen-bond acceptors (Lipinski definition) is 4. The zero-order valence-corrected chi connectivity index (χ0v) is 10.7. The van der Waals surface area contributed by atoms with Crippen LogP contribution in [0.2, 0.25) is 0 Å². The lowest BCUT2D eigenvalue weighted by atomic mass is 9.99. The second kappa shape index (κ2) is 4.58. The molecular formula is C12H16N4S. The van der Waals surface area contributed by atoms with Crippen LogP contribution in [-0.2, 0) is 7.05 Å². The van der Waals surface area contributed by atoms with Gasteiger partial charge in [-0.15, -0.1) is 11.3 Å². The summed E-state index contributed by atoms with van der Waals surface area (Å²) in [6, 6.07) is 4.11. The molecule has 0 radical (unpaired) electrons. The first-order chi connectivity index (χ1) is 8.34. The number of thiophene rings is 1. The number of aryl methyl sites for hydroxylation is 1. The van der Waals surface area contributed by atoms with Gasteiger partial charge in [0, 0.05) is 19.5 Å². The number of hydrogen-bond donors (Lipinski definition) is 1. The van der Waals surface area contributed by atoms with Crippen molar-refractivity contribution in [1.82, 2.24) is 20.1 Å². The molecule has 1 saturated heterocycles. The van der Waals surface area contributed by atoms with Crippen molar-refractivity contribution >= 4 is 11.3 Å². The number of aromatic nitrogens is 3. The monoisotopic (exact) mass is 248 g/mol. The van der Waals surface area contributed by atoms with Gasteiger partial charge in [0.15, 0.2) is 5.82 Å². The van der Waals surface area contributed by atoms with Crippen LogP contribution in [0.5, 0.6) is 0 Å². The summed E-state index contributed by atoms with van der Waals surface area (Å²) in [4.78, 5) is 5.85. The summed E-state index contributed by atoms with van der Waals surface area (Å²) in [7, 11) is 1.99. The predicted octanol–water partition coefficient (Wildman–Crippen LogP) is 2.01. The van der Waals surface area contributed by atoms with E-state index in [2.05, 4.69) is 21.9 Å². The van der Waals surface area contributed by atoms with E-state index in [-0.39, 0.29) is 0 Å². The Labute approximate surface area is 105 Å². The zero-order chi connectivity index (χ0) is 11.7. The lowest BCUT2D eigenvalue weighted by molar-refractivity contribution is 0.434. The first-order valence-corrected chi connectivity index (χ1v) is 6.88. The van der Waals surface area contributed by atoms with Gasteiger partial charge in [0.1, 0.15) is 5.82 Å². The van der Waals surface area contributed by atoms with Gasteiger partial charge in [0.25, 0.3) is 0 Å². The van der Waals surface area contributed by atoms with Crippen LogP contribution < -0.4 is 5.32 Å². The molecule has 90 valence electrons. The first-order valence-electron chi connectivity index (χ1n) is 6.00. The second-order valence-corrected chi connectivity index (χ2v) is 5.39. The highest BCUT2D eigenvalue weighted by molar-refractivity contribution is 7.13. The predicted molar refractivity (Wildman–Crippen MR) is 69.2 cm³/mol. The van der Waals surface area contributed by atoms with Gasteiger partial charge in [-0.05, 0) is 30.8 Å². The number of rotatable bonds is 2. The van der Waals surface area contributed by atoms with Crippen LogP contribution in [0.25, 0.3) is 10.7 Å². The molecule has 1 aliphatic heterocycles. The molecule has 1 aliphatic rings. The zero-order valence-electron chi connectivity index (χ0n) is 9.89. The fourth-order valence-electron chi connectivity index (χ4n) is 2.33. The Balaban J connectivity index is 1.90. The molecule has 2 aromatic rings. The quantitative estimate of drug-likeness (QED) is 0.884. The van der Waals surface area contributed by atoms with Crippen LogP contribution in [-0.4, -0.2) is 27.9 Å². The molecule has 4 nitrogen and oxygen atoms in total. The molecular weight excluding hydrogens is 232 g/mol. The van der Waals surface area contributed by atoms with Gasteiger partial charge in [0.05, 0.1) is 4.88 Å². The molecule has 0 amide bonds. The molecule has 0 aliphatic carbocycles. The number of nitrogens with zero attached hydrogens (tertiary/aromatic N) is 3. The van der Waals surface area contributed by atoms with Crippen molar-refractivity contribution in [2.24, 2.45) is 7.05 Å². The van der Waals surface area contributed by atoms with E-state index in [9.17, 15) is 0 Å². The summed E-state index contributed by atoms with van der Waals surface area (Å²) < 4.78 is 1.94. The maximum Gasteiger partial charge on any atom is 0.191 e. The van der Waals surface area contributed by atoms with Crippen LogP contribution >= 0.6 is 11.3 Å². The Morgan fingerprint density at radius 3 is 3.18 bits per heavy atom. The van der Waals surface area contributed by atoms with Gasteiger partial charge >= 0.3 is 0 Å². The van der Waals surface area contributed by atoms with E-state index in [1.54, 1.807) is 11.3 Å². The molecule has 0 saturated carbocycles. The van der Waals surface area contributed by atoms with E-state index in [4.69, 9.17) is 4.98 Å². The summed E-state index contributed by atoms with van der Waals surface area (Å²) >= 11 is 1.69. The number of nitrogens with one attached hydrogen (secondary N) is 1. The van der Waals surface area contributed by atoms with Crippen molar-refractivity contribution in [2.75, 3.05) is 13.1 Å².